The zero-order chi connectivity index (χ0) is 14.8. The molecule has 1 aromatic carbocycles. The Morgan fingerprint density at radius 1 is 1.24 bits per heavy atom. The van der Waals surface area contributed by atoms with Gasteiger partial charge in [-0.25, -0.2) is 14.2 Å². The van der Waals surface area contributed by atoms with Gasteiger partial charge >= 0.3 is 5.97 Å². The van der Waals surface area contributed by atoms with Crippen molar-refractivity contribution in [2.45, 2.75) is 0 Å². The summed E-state index contributed by atoms with van der Waals surface area (Å²) in [6.07, 6.45) is 1.76. The molecule has 110 valence electrons. The van der Waals surface area contributed by atoms with Gasteiger partial charge in [0.05, 0.1) is 11.3 Å². The Labute approximate surface area is 125 Å². The summed E-state index contributed by atoms with van der Waals surface area (Å²) in [6, 6.07) is 4.16. The van der Waals surface area contributed by atoms with E-state index in [1.807, 2.05) is 5.38 Å². The van der Waals surface area contributed by atoms with Crippen LogP contribution in [0, 0.1) is 5.82 Å². The third-order valence-corrected chi connectivity index (χ3v) is 4.34. The fraction of sp³-hybridized carbons (Fsp3) is 0.286. The third kappa shape index (κ3) is 2.69. The monoisotopic (exact) mass is 307 g/mol. The number of nitrogens with zero attached hydrogens (tertiary/aromatic N) is 3. The predicted octanol–water partition coefficient (Wildman–Crippen LogP) is 2.31. The van der Waals surface area contributed by atoms with Gasteiger partial charge in [0.2, 0.25) is 0 Å². The Hall–Kier alpha value is -2.15. The van der Waals surface area contributed by atoms with Crippen LogP contribution in [0.5, 0.6) is 0 Å². The van der Waals surface area contributed by atoms with E-state index in [-0.39, 0.29) is 11.3 Å². The number of carboxylic acids is 1. The van der Waals surface area contributed by atoms with Crippen molar-refractivity contribution in [1.82, 2.24) is 4.98 Å². The van der Waals surface area contributed by atoms with Crippen LogP contribution in [0.2, 0.25) is 0 Å². The van der Waals surface area contributed by atoms with Crippen molar-refractivity contribution < 1.29 is 14.3 Å². The SMILES string of the molecule is O=C(O)c1cccc(F)c1N1CCN(c2nccs2)CC1. The molecule has 2 aromatic rings. The van der Waals surface area contributed by atoms with Crippen molar-refractivity contribution in [2.24, 2.45) is 0 Å². The van der Waals surface area contributed by atoms with E-state index in [0.717, 1.165) is 5.13 Å². The maximum atomic E-state index is 14.0. The van der Waals surface area contributed by atoms with Gasteiger partial charge in [-0.3, -0.25) is 0 Å². The average molecular weight is 307 g/mol. The Morgan fingerprint density at radius 2 is 1.95 bits per heavy atom. The number of hydrogen-bond acceptors (Lipinski definition) is 5. The highest BCUT2D eigenvalue weighted by Crippen LogP contribution is 2.27. The molecule has 0 amide bonds. The number of aromatic nitrogens is 1. The van der Waals surface area contributed by atoms with Crippen molar-refractivity contribution in [3.63, 3.8) is 0 Å². The molecule has 5 nitrogen and oxygen atoms in total. The molecule has 1 fully saturated rings. The van der Waals surface area contributed by atoms with E-state index < -0.39 is 11.8 Å². The van der Waals surface area contributed by atoms with E-state index in [1.165, 1.54) is 18.2 Å². The molecule has 1 aliphatic heterocycles. The molecule has 0 saturated carbocycles. The zero-order valence-electron chi connectivity index (χ0n) is 11.2. The highest BCUT2D eigenvalue weighted by molar-refractivity contribution is 7.13. The summed E-state index contributed by atoms with van der Waals surface area (Å²) in [4.78, 5) is 19.4. The lowest BCUT2D eigenvalue weighted by Gasteiger charge is -2.36. The molecule has 0 radical (unpaired) electrons. The van der Waals surface area contributed by atoms with Gasteiger partial charge in [-0.2, -0.15) is 0 Å². The fourth-order valence-electron chi connectivity index (χ4n) is 2.50. The third-order valence-electron chi connectivity index (χ3n) is 3.50. The largest absolute Gasteiger partial charge is 0.478 e. The van der Waals surface area contributed by atoms with Gasteiger partial charge in [-0.05, 0) is 12.1 Å². The Bertz CT molecular complexity index is 640. The molecule has 21 heavy (non-hydrogen) atoms. The summed E-state index contributed by atoms with van der Waals surface area (Å²) in [5.74, 6) is -1.59. The maximum Gasteiger partial charge on any atom is 0.337 e. The molecular formula is C14H14FN3O2S. The lowest BCUT2D eigenvalue weighted by atomic mass is 10.1. The summed E-state index contributed by atoms with van der Waals surface area (Å²) >= 11 is 1.57. The van der Waals surface area contributed by atoms with Gasteiger partial charge in [0.1, 0.15) is 5.82 Å². The van der Waals surface area contributed by atoms with Crippen LogP contribution >= 0.6 is 11.3 Å². The molecule has 0 aliphatic carbocycles. The Morgan fingerprint density at radius 3 is 2.57 bits per heavy atom. The van der Waals surface area contributed by atoms with Crippen molar-refractivity contribution in [3.05, 3.63) is 41.2 Å². The van der Waals surface area contributed by atoms with E-state index in [9.17, 15) is 14.3 Å². The average Bonchev–Trinajstić information content (AvgIpc) is 3.01. The summed E-state index contributed by atoms with van der Waals surface area (Å²) < 4.78 is 14.0. The van der Waals surface area contributed by atoms with Crippen LogP contribution < -0.4 is 9.80 Å². The van der Waals surface area contributed by atoms with Gasteiger partial charge < -0.3 is 14.9 Å². The number of hydrogen-bond donors (Lipinski definition) is 1. The number of carbonyl (C=O) groups is 1. The molecule has 7 heteroatoms. The van der Waals surface area contributed by atoms with Crippen molar-refractivity contribution >= 4 is 28.1 Å². The second-order valence-corrected chi connectivity index (χ2v) is 5.60. The molecule has 0 unspecified atom stereocenters. The lowest BCUT2D eigenvalue weighted by molar-refractivity contribution is 0.0697. The van der Waals surface area contributed by atoms with Crippen LogP contribution in [0.15, 0.2) is 29.8 Å². The summed E-state index contributed by atoms with van der Waals surface area (Å²) in [5, 5.41) is 12.1. The number of halogens is 1. The smallest absolute Gasteiger partial charge is 0.337 e. The summed E-state index contributed by atoms with van der Waals surface area (Å²) in [6.45, 7) is 2.53. The quantitative estimate of drug-likeness (QED) is 0.943. The van der Waals surface area contributed by atoms with Crippen LogP contribution in [0.3, 0.4) is 0 Å². The standard InChI is InChI=1S/C14H14FN3O2S/c15-11-3-1-2-10(13(19)20)12(11)17-5-7-18(8-6-17)14-16-4-9-21-14/h1-4,9H,5-8H2,(H,19,20). The van der Waals surface area contributed by atoms with E-state index in [0.29, 0.717) is 26.2 Å². The number of carboxylic acid groups (broad SMARTS) is 1. The van der Waals surface area contributed by atoms with Gasteiger partial charge in [0, 0.05) is 37.8 Å². The molecule has 3 rings (SSSR count). The van der Waals surface area contributed by atoms with E-state index >= 15 is 0 Å². The van der Waals surface area contributed by atoms with Crippen LogP contribution in [0.4, 0.5) is 15.2 Å². The second kappa shape index (κ2) is 5.69. The molecule has 1 N–H and O–H groups in total. The second-order valence-electron chi connectivity index (χ2n) is 4.73. The minimum Gasteiger partial charge on any atom is -0.478 e. The first-order chi connectivity index (χ1) is 10.2. The van der Waals surface area contributed by atoms with Crippen molar-refractivity contribution in [1.29, 1.82) is 0 Å². The normalized spacial score (nSPS) is 15.3. The highest BCUT2D eigenvalue weighted by Gasteiger charge is 2.24. The van der Waals surface area contributed by atoms with E-state index in [4.69, 9.17) is 0 Å². The maximum absolute atomic E-state index is 14.0. The first-order valence-electron chi connectivity index (χ1n) is 6.58. The van der Waals surface area contributed by atoms with Crippen LogP contribution in [-0.2, 0) is 0 Å². The number of aromatic carboxylic acids is 1. The number of rotatable bonds is 3. The van der Waals surface area contributed by atoms with Gasteiger partial charge in [-0.1, -0.05) is 6.07 Å². The van der Waals surface area contributed by atoms with E-state index in [2.05, 4.69) is 9.88 Å². The van der Waals surface area contributed by atoms with Crippen LogP contribution in [0.1, 0.15) is 10.4 Å². The summed E-state index contributed by atoms with van der Waals surface area (Å²) in [5.41, 5.74) is 0.196. The Kier molecular flexibility index (Phi) is 3.74. The predicted molar refractivity (Wildman–Crippen MR) is 79.9 cm³/mol. The van der Waals surface area contributed by atoms with E-state index in [1.54, 1.807) is 22.4 Å². The molecule has 2 heterocycles. The molecule has 0 bridgehead atoms. The zero-order valence-corrected chi connectivity index (χ0v) is 12.0. The van der Waals surface area contributed by atoms with Crippen molar-refractivity contribution in [2.75, 3.05) is 36.0 Å². The van der Waals surface area contributed by atoms with Crippen molar-refractivity contribution in [3.8, 4) is 0 Å². The number of benzene rings is 1. The number of thiazole rings is 1. The van der Waals surface area contributed by atoms with Crippen LogP contribution in [-0.4, -0.2) is 42.2 Å². The first-order valence-corrected chi connectivity index (χ1v) is 7.46. The van der Waals surface area contributed by atoms with Gasteiger partial charge in [0.15, 0.2) is 5.13 Å². The van der Waals surface area contributed by atoms with Crippen LogP contribution in [0.25, 0.3) is 0 Å². The fourth-order valence-corrected chi connectivity index (χ4v) is 3.20. The molecular weight excluding hydrogens is 293 g/mol. The number of anilines is 2. The molecule has 1 saturated heterocycles. The molecule has 1 aliphatic rings. The molecule has 1 aromatic heterocycles. The van der Waals surface area contributed by atoms with Gasteiger partial charge in [-0.15, -0.1) is 11.3 Å². The highest BCUT2D eigenvalue weighted by atomic mass is 32.1. The first kappa shape index (κ1) is 13.8. The minimum atomic E-state index is -1.10. The Balaban J connectivity index is 1.80. The lowest BCUT2D eigenvalue weighted by Crippen LogP contribution is -2.47. The molecule has 0 spiro atoms. The topological polar surface area (TPSA) is 56.7 Å². The van der Waals surface area contributed by atoms with Gasteiger partial charge in [0.25, 0.3) is 0 Å². The number of para-hydroxylation sites is 1. The number of piperazine rings is 1. The molecule has 0 atom stereocenters. The minimum absolute atomic E-state index is 0.0118. The summed E-state index contributed by atoms with van der Waals surface area (Å²) in [7, 11) is 0.